The van der Waals surface area contributed by atoms with Crippen molar-refractivity contribution >= 4 is 23.2 Å². The van der Waals surface area contributed by atoms with E-state index in [0.717, 1.165) is 24.3 Å². The Morgan fingerprint density at radius 3 is 2.78 bits per heavy atom. The number of halogens is 1. The first-order chi connectivity index (χ1) is 8.61. The fourth-order valence-electron chi connectivity index (χ4n) is 2.12. The predicted molar refractivity (Wildman–Crippen MR) is 74.0 cm³/mol. The van der Waals surface area contributed by atoms with Crippen LogP contribution in [-0.4, -0.2) is 43.5 Å². The number of hydrogen-bond donors (Lipinski definition) is 1. The van der Waals surface area contributed by atoms with Crippen LogP contribution in [0.25, 0.3) is 0 Å². The van der Waals surface area contributed by atoms with Gasteiger partial charge in [-0.25, -0.2) is 0 Å². The van der Waals surface area contributed by atoms with Crippen LogP contribution in [0.3, 0.4) is 0 Å². The summed E-state index contributed by atoms with van der Waals surface area (Å²) in [5.41, 5.74) is 7.40. The van der Waals surface area contributed by atoms with Gasteiger partial charge in [0.05, 0.1) is 6.54 Å². The van der Waals surface area contributed by atoms with Crippen LogP contribution < -0.4 is 10.6 Å². The molecule has 1 heterocycles. The molecule has 0 aliphatic carbocycles. The molecule has 0 unspecified atom stereocenters. The maximum atomic E-state index is 12.1. The molecule has 98 valence electrons. The van der Waals surface area contributed by atoms with Crippen LogP contribution in [0.15, 0.2) is 18.2 Å². The van der Waals surface area contributed by atoms with Crippen molar-refractivity contribution in [1.82, 2.24) is 4.90 Å². The molecule has 1 aromatic rings. The SMILES string of the molecule is Cc1ccc(N2CCN(CCN)CC2=O)cc1Cl. The topological polar surface area (TPSA) is 49.6 Å². The van der Waals surface area contributed by atoms with Crippen molar-refractivity contribution in [3.05, 3.63) is 28.8 Å². The number of benzene rings is 1. The zero-order valence-electron chi connectivity index (χ0n) is 10.5. The highest BCUT2D eigenvalue weighted by molar-refractivity contribution is 6.31. The Labute approximate surface area is 112 Å². The average Bonchev–Trinajstić information content (AvgIpc) is 2.34. The minimum Gasteiger partial charge on any atom is -0.329 e. The van der Waals surface area contributed by atoms with E-state index in [1.165, 1.54) is 0 Å². The molecule has 0 spiro atoms. The first-order valence-electron chi connectivity index (χ1n) is 6.11. The van der Waals surface area contributed by atoms with E-state index in [2.05, 4.69) is 4.90 Å². The summed E-state index contributed by atoms with van der Waals surface area (Å²) in [5, 5.41) is 0.699. The zero-order chi connectivity index (χ0) is 13.1. The monoisotopic (exact) mass is 267 g/mol. The largest absolute Gasteiger partial charge is 0.329 e. The average molecular weight is 268 g/mol. The normalized spacial score (nSPS) is 17.3. The summed E-state index contributed by atoms with van der Waals surface area (Å²) < 4.78 is 0. The summed E-state index contributed by atoms with van der Waals surface area (Å²) in [7, 11) is 0. The number of carbonyl (C=O) groups excluding carboxylic acids is 1. The molecule has 0 atom stereocenters. The molecule has 1 saturated heterocycles. The minimum absolute atomic E-state index is 0.106. The second-order valence-electron chi connectivity index (χ2n) is 4.54. The molecule has 1 aliphatic rings. The molecular weight excluding hydrogens is 250 g/mol. The third-order valence-electron chi connectivity index (χ3n) is 3.21. The van der Waals surface area contributed by atoms with E-state index < -0.39 is 0 Å². The Balaban J connectivity index is 2.10. The number of nitrogens with zero attached hydrogens (tertiary/aromatic N) is 2. The molecule has 1 aromatic carbocycles. The lowest BCUT2D eigenvalue weighted by Crippen LogP contribution is -2.51. The van der Waals surface area contributed by atoms with Crippen molar-refractivity contribution in [1.29, 1.82) is 0 Å². The highest BCUT2D eigenvalue weighted by atomic mass is 35.5. The quantitative estimate of drug-likeness (QED) is 0.897. The molecule has 1 aliphatic heterocycles. The maximum Gasteiger partial charge on any atom is 0.241 e. The molecule has 0 bridgehead atoms. The lowest BCUT2D eigenvalue weighted by molar-refractivity contribution is -0.121. The van der Waals surface area contributed by atoms with Crippen molar-refractivity contribution in [2.24, 2.45) is 5.73 Å². The standard InChI is InChI=1S/C13H18ClN3O/c1-10-2-3-11(8-12(10)14)17-7-6-16(5-4-15)9-13(17)18/h2-3,8H,4-7,9,15H2,1H3. The Bertz CT molecular complexity index is 450. The summed E-state index contributed by atoms with van der Waals surface area (Å²) in [4.78, 5) is 15.9. The molecule has 2 rings (SSSR count). The van der Waals surface area contributed by atoms with Crippen LogP contribution in [0, 0.1) is 6.92 Å². The molecule has 1 fully saturated rings. The molecular formula is C13H18ClN3O. The van der Waals surface area contributed by atoms with Crippen molar-refractivity contribution in [2.75, 3.05) is 37.6 Å². The molecule has 18 heavy (non-hydrogen) atoms. The van der Waals surface area contributed by atoms with Gasteiger partial charge in [-0.15, -0.1) is 0 Å². The van der Waals surface area contributed by atoms with Crippen LogP contribution in [0.5, 0.6) is 0 Å². The van der Waals surface area contributed by atoms with Gasteiger partial charge < -0.3 is 10.6 Å². The molecule has 1 amide bonds. The number of hydrogen-bond acceptors (Lipinski definition) is 3. The second kappa shape index (κ2) is 5.69. The Morgan fingerprint density at radius 2 is 2.17 bits per heavy atom. The fraction of sp³-hybridized carbons (Fsp3) is 0.462. The molecule has 0 radical (unpaired) electrons. The van der Waals surface area contributed by atoms with Gasteiger partial charge in [0.15, 0.2) is 0 Å². The lowest BCUT2D eigenvalue weighted by atomic mass is 10.2. The van der Waals surface area contributed by atoms with E-state index in [1.54, 1.807) is 4.90 Å². The Morgan fingerprint density at radius 1 is 1.39 bits per heavy atom. The van der Waals surface area contributed by atoms with Gasteiger partial charge in [-0.1, -0.05) is 17.7 Å². The van der Waals surface area contributed by atoms with E-state index in [9.17, 15) is 4.79 Å². The lowest BCUT2D eigenvalue weighted by Gasteiger charge is -2.34. The third kappa shape index (κ3) is 2.83. The summed E-state index contributed by atoms with van der Waals surface area (Å²) >= 11 is 6.09. The van der Waals surface area contributed by atoms with Gasteiger partial charge in [-0.2, -0.15) is 0 Å². The maximum absolute atomic E-state index is 12.1. The smallest absolute Gasteiger partial charge is 0.241 e. The van der Waals surface area contributed by atoms with Gasteiger partial charge in [-0.3, -0.25) is 9.69 Å². The minimum atomic E-state index is 0.106. The highest BCUT2D eigenvalue weighted by Gasteiger charge is 2.24. The van der Waals surface area contributed by atoms with E-state index in [4.69, 9.17) is 17.3 Å². The summed E-state index contributed by atoms with van der Waals surface area (Å²) in [6.45, 7) is 5.29. The Hall–Kier alpha value is -1.10. The van der Waals surface area contributed by atoms with E-state index >= 15 is 0 Å². The molecule has 2 N–H and O–H groups in total. The van der Waals surface area contributed by atoms with E-state index in [-0.39, 0.29) is 5.91 Å². The van der Waals surface area contributed by atoms with Crippen LogP contribution >= 0.6 is 11.6 Å². The Kier molecular flexibility index (Phi) is 4.22. The van der Waals surface area contributed by atoms with Crippen LogP contribution in [0.1, 0.15) is 5.56 Å². The first kappa shape index (κ1) is 13.3. The molecule has 0 aromatic heterocycles. The summed E-state index contributed by atoms with van der Waals surface area (Å²) in [6, 6.07) is 5.74. The van der Waals surface area contributed by atoms with Gasteiger partial charge in [0, 0.05) is 36.9 Å². The van der Waals surface area contributed by atoms with Gasteiger partial charge in [0.25, 0.3) is 0 Å². The number of anilines is 1. The molecule has 0 saturated carbocycles. The van der Waals surface area contributed by atoms with E-state index in [0.29, 0.717) is 24.7 Å². The zero-order valence-corrected chi connectivity index (χ0v) is 11.3. The number of carbonyl (C=O) groups is 1. The summed E-state index contributed by atoms with van der Waals surface area (Å²) in [6.07, 6.45) is 0. The fourth-order valence-corrected chi connectivity index (χ4v) is 2.29. The molecule has 4 nitrogen and oxygen atoms in total. The number of rotatable bonds is 3. The van der Waals surface area contributed by atoms with Crippen molar-refractivity contribution in [2.45, 2.75) is 6.92 Å². The van der Waals surface area contributed by atoms with Gasteiger partial charge in [0.1, 0.15) is 0 Å². The van der Waals surface area contributed by atoms with Crippen LogP contribution in [0.2, 0.25) is 5.02 Å². The van der Waals surface area contributed by atoms with Gasteiger partial charge in [0.2, 0.25) is 5.91 Å². The number of amides is 1. The number of nitrogens with two attached hydrogens (primary N) is 1. The summed E-state index contributed by atoms with van der Waals surface area (Å²) in [5.74, 6) is 0.106. The van der Waals surface area contributed by atoms with Gasteiger partial charge >= 0.3 is 0 Å². The number of aryl methyl sites for hydroxylation is 1. The van der Waals surface area contributed by atoms with Crippen molar-refractivity contribution in [3.8, 4) is 0 Å². The predicted octanol–water partition coefficient (Wildman–Crippen LogP) is 1.26. The van der Waals surface area contributed by atoms with E-state index in [1.807, 2.05) is 25.1 Å². The number of piperazine rings is 1. The molecule has 5 heteroatoms. The van der Waals surface area contributed by atoms with Crippen molar-refractivity contribution in [3.63, 3.8) is 0 Å². The van der Waals surface area contributed by atoms with Crippen LogP contribution in [-0.2, 0) is 4.79 Å². The third-order valence-corrected chi connectivity index (χ3v) is 3.62. The first-order valence-corrected chi connectivity index (χ1v) is 6.48. The second-order valence-corrected chi connectivity index (χ2v) is 4.95. The van der Waals surface area contributed by atoms with Crippen LogP contribution in [0.4, 0.5) is 5.69 Å². The highest BCUT2D eigenvalue weighted by Crippen LogP contribution is 2.24. The van der Waals surface area contributed by atoms with Gasteiger partial charge in [-0.05, 0) is 24.6 Å². The van der Waals surface area contributed by atoms with Crippen molar-refractivity contribution < 1.29 is 4.79 Å².